The van der Waals surface area contributed by atoms with Crippen LogP contribution in [-0.4, -0.2) is 14.2 Å². The number of sulfone groups is 1. The number of rotatable bonds is 4. The van der Waals surface area contributed by atoms with Gasteiger partial charge in [-0.25, -0.2) is 12.8 Å². The van der Waals surface area contributed by atoms with Gasteiger partial charge in [-0.2, -0.15) is 0 Å². The summed E-state index contributed by atoms with van der Waals surface area (Å²) in [6, 6.07) is 6.09. The van der Waals surface area contributed by atoms with Crippen LogP contribution >= 0.6 is 0 Å². The maximum atomic E-state index is 13.0. The Morgan fingerprint density at radius 1 is 1.37 bits per heavy atom. The van der Waals surface area contributed by atoms with E-state index in [1.54, 1.807) is 19.1 Å². The fourth-order valence-corrected chi connectivity index (χ4v) is 3.51. The Morgan fingerprint density at radius 2 is 2.11 bits per heavy atom. The maximum absolute atomic E-state index is 13.0. The van der Waals surface area contributed by atoms with Gasteiger partial charge in [-0.05, 0) is 42.8 Å². The van der Waals surface area contributed by atoms with Gasteiger partial charge >= 0.3 is 0 Å². The molecule has 2 aromatic rings. The molecule has 1 aromatic heterocycles. The summed E-state index contributed by atoms with van der Waals surface area (Å²) in [7, 11) is -3.58. The Morgan fingerprint density at radius 3 is 2.68 bits per heavy atom. The number of benzene rings is 1. The molecule has 2 rings (SSSR count). The van der Waals surface area contributed by atoms with E-state index in [-0.39, 0.29) is 10.6 Å². The van der Waals surface area contributed by atoms with E-state index in [4.69, 9.17) is 10.2 Å². The Bertz CT molecular complexity index is 665. The molecule has 0 bridgehead atoms. The van der Waals surface area contributed by atoms with Crippen molar-refractivity contribution in [2.45, 2.75) is 17.9 Å². The predicted molar refractivity (Wildman–Crippen MR) is 68.8 cm³/mol. The second-order valence-electron chi connectivity index (χ2n) is 4.31. The first kappa shape index (κ1) is 13.8. The molecule has 1 heterocycles. The standard InChI is InChI=1S/C13H14FNO3S/c1-9-7-10(14)4-5-13(9)19(16,17)8-11(15)12-3-2-6-18-12/h2-7,11H,8,15H2,1H3. The Hall–Kier alpha value is -1.66. The molecule has 0 amide bonds. The third-order valence-electron chi connectivity index (χ3n) is 2.78. The van der Waals surface area contributed by atoms with E-state index in [1.807, 2.05) is 0 Å². The number of furan rings is 1. The quantitative estimate of drug-likeness (QED) is 0.873. The monoisotopic (exact) mass is 283 g/mol. The van der Waals surface area contributed by atoms with Gasteiger partial charge in [0.25, 0.3) is 0 Å². The lowest BCUT2D eigenvalue weighted by Crippen LogP contribution is -2.22. The highest BCUT2D eigenvalue weighted by atomic mass is 32.2. The summed E-state index contributed by atoms with van der Waals surface area (Å²) < 4.78 is 42.5. The normalized spacial score (nSPS) is 13.4. The third kappa shape index (κ3) is 3.02. The molecule has 0 aliphatic rings. The molecule has 4 nitrogen and oxygen atoms in total. The minimum absolute atomic E-state index is 0.0934. The highest BCUT2D eigenvalue weighted by Gasteiger charge is 2.23. The molecule has 0 aliphatic heterocycles. The SMILES string of the molecule is Cc1cc(F)ccc1S(=O)(=O)CC(N)c1ccco1. The summed E-state index contributed by atoms with van der Waals surface area (Å²) in [4.78, 5) is 0.0934. The minimum Gasteiger partial charge on any atom is -0.468 e. The molecule has 0 saturated carbocycles. The zero-order valence-corrected chi connectivity index (χ0v) is 11.2. The second-order valence-corrected chi connectivity index (χ2v) is 6.32. The molecule has 0 fully saturated rings. The lowest BCUT2D eigenvalue weighted by Gasteiger charge is -2.11. The van der Waals surface area contributed by atoms with Crippen LogP contribution in [0.4, 0.5) is 4.39 Å². The van der Waals surface area contributed by atoms with Gasteiger partial charge in [-0.1, -0.05) is 0 Å². The number of nitrogens with two attached hydrogens (primary N) is 1. The maximum Gasteiger partial charge on any atom is 0.180 e. The van der Waals surface area contributed by atoms with Gasteiger partial charge in [0.1, 0.15) is 11.6 Å². The van der Waals surface area contributed by atoms with Crippen molar-refractivity contribution in [3.8, 4) is 0 Å². The van der Waals surface area contributed by atoms with E-state index in [2.05, 4.69) is 0 Å². The third-order valence-corrected chi connectivity index (χ3v) is 4.71. The molecule has 1 unspecified atom stereocenters. The zero-order chi connectivity index (χ0) is 14.0. The topological polar surface area (TPSA) is 73.3 Å². The van der Waals surface area contributed by atoms with Crippen molar-refractivity contribution >= 4 is 9.84 Å². The van der Waals surface area contributed by atoms with Gasteiger partial charge in [-0.15, -0.1) is 0 Å². The molecule has 0 saturated heterocycles. The van der Waals surface area contributed by atoms with Gasteiger partial charge in [0.15, 0.2) is 9.84 Å². The lowest BCUT2D eigenvalue weighted by molar-refractivity contribution is 0.477. The summed E-state index contributed by atoms with van der Waals surface area (Å²) >= 11 is 0. The van der Waals surface area contributed by atoms with Gasteiger partial charge in [-0.3, -0.25) is 0 Å². The summed E-state index contributed by atoms with van der Waals surface area (Å²) in [5.74, 6) is -0.345. The van der Waals surface area contributed by atoms with Gasteiger partial charge in [0.05, 0.1) is 23.0 Å². The first-order valence-electron chi connectivity index (χ1n) is 5.68. The average Bonchev–Trinajstić information content (AvgIpc) is 2.80. The van der Waals surface area contributed by atoms with Crippen molar-refractivity contribution in [3.05, 3.63) is 53.7 Å². The van der Waals surface area contributed by atoms with Crippen molar-refractivity contribution < 1.29 is 17.2 Å². The highest BCUT2D eigenvalue weighted by molar-refractivity contribution is 7.91. The van der Waals surface area contributed by atoms with E-state index in [1.165, 1.54) is 18.4 Å². The van der Waals surface area contributed by atoms with E-state index >= 15 is 0 Å². The molecular weight excluding hydrogens is 269 g/mol. The molecule has 6 heteroatoms. The van der Waals surface area contributed by atoms with Crippen LogP contribution < -0.4 is 5.73 Å². The number of hydrogen-bond acceptors (Lipinski definition) is 4. The summed E-state index contributed by atoms with van der Waals surface area (Å²) in [6.45, 7) is 1.55. The molecule has 102 valence electrons. The predicted octanol–water partition coefficient (Wildman–Crippen LogP) is 2.20. The lowest BCUT2D eigenvalue weighted by atomic mass is 10.2. The second kappa shape index (κ2) is 5.14. The van der Waals surface area contributed by atoms with Crippen LogP contribution in [0.5, 0.6) is 0 Å². The summed E-state index contributed by atoms with van der Waals surface area (Å²) in [6.07, 6.45) is 1.44. The van der Waals surface area contributed by atoms with Crippen molar-refractivity contribution in [3.63, 3.8) is 0 Å². The van der Waals surface area contributed by atoms with E-state index in [9.17, 15) is 12.8 Å². The summed E-state index contributed by atoms with van der Waals surface area (Å²) in [5, 5.41) is 0. The van der Waals surface area contributed by atoms with Crippen LogP contribution in [0, 0.1) is 12.7 Å². The average molecular weight is 283 g/mol. The van der Waals surface area contributed by atoms with Crippen LogP contribution in [0.3, 0.4) is 0 Å². The molecule has 1 aromatic carbocycles. The zero-order valence-electron chi connectivity index (χ0n) is 10.3. The highest BCUT2D eigenvalue weighted by Crippen LogP contribution is 2.22. The van der Waals surface area contributed by atoms with Crippen molar-refractivity contribution in [2.24, 2.45) is 5.73 Å². The Labute approximate surface area is 111 Å². The Balaban J connectivity index is 2.28. The molecule has 0 spiro atoms. The van der Waals surface area contributed by atoms with Gasteiger partial charge in [0.2, 0.25) is 0 Å². The first-order valence-corrected chi connectivity index (χ1v) is 7.33. The Kier molecular flexibility index (Phi) is 3.73. The minimum atomic E-state index is -3.58. The largest absolute Gasteiger partial charge is 0.468 e. The van der Waals surface area contributed by atoms with E-state index in [0.717, 1.165) is 6.07 Å². The van der Waals surface area contributed by atoms with Crippen molar-refractivity contribution in [1.29, 1.82) is 0 Å². The van der Waals surface area contributed by atoms with Gasteiger partial charge in [0, 0.05) is 0 Å². The molecule has 19 heavy (non-hydrogen) atoms. The van der Waals surface area contributed by atoms with Crippen LogP contribution in [0.15, 0.2) is 45.9 Å². The summed E-state index contributed by atoms with van der Waals surface area (Å²) in [5.41, 5.74) is 6.16. The molecule has 0 radical (unpaired) electrons. The molecule has 0 aliphatic carbocycles. The molecule has 1 atom stereocenters. The van der Waals surface area contributed by atoms with Crippen LogP contribution in [0.1, 0.15) is 17.4 Å². The molecule has 2 N–H and O–H groups in total. The van der Waals surface area contributed by atoms with Crippen LogP contribution in [0.25, 0.3) is 0 Å². The number of halogens is 1. The fourth-order valence-electron chi connectivity index (χ4n) is 1.87. The van der Waals surface area contributed by atoms with Crippen LogP contribution in [0.2, 0.25) is 0 Å². The van der Waals surface area contributed by atoms with E-state index in [0.29, 0.717) is 11.3 Å². The van der Waals surface area contributed by atoms with E-state index < -0.39 is 21.7 Å². The fraction of sp³-hybridized carbons (Fsp3) is 0.231. The molecular formula is C13H14FNO3S. The van der Waals surface area contributed by atoms with Crippen molar-refractivity contribution in [2.75, 3.05) is 5.75 Å². The van der Waals surface area contributed by atoms with Crippen molar-refractivity contribution in [1.82, 2.24) is 0 Å². The smallest absolute Gasteiger partial charge is 0.180 e. The van der Waals surface area contributed by atoms with Gasteiger partial charge < -0.3 is 10.2 Å². The first-order chi connectivity index (χ1) is 8.90. The number of hydrogen-bond donors (Lipinski definition) is 1. The van der Waals surface area contributed by atoms with Crippen LogP contribution in [-0.2, 0) is 9.84 Å². The number of aryl methyl sites for hydroxylation is 1.